The average Bonchev–Trinajstić information content (AvgIpc) is 3.00. The summed E-state index contributed by atoms with van der Waals surface area (Å²) in [6.45, 7) is 4.53. The minimum Gasteiger partial charge on any atom is -0.360 e. The van der Waals surface area contributed by atoms with Crippen LogP contribution in [0.1, 0.15) is 46.0 Å². The molecule has 0 aromatic rings. The molecule has 1 heteroatoms. The topological polar surface area (TPSA) is 12.5 Å². The molecule has 1 heterocycles. The van der Waals surface area contributed by atoms with Gasteiger partial charge in [-0.25, -0.2) is 0 Å². The van der Waals surface area contributed by atoms with Gasteiger partial charge < -0.3 is 4.74 Å². The number of hydrogen-bond donors (Lipinski definition) is 0. The van der Waals surface area contributed by atoms with Gasteiger partial charge in [0.1, 0.15) is 12.2 Å². The number of ether oxygens (including phenoxy) is 1. The zero-order valence-electron chi connectivity index (χ0n) is 9.91. The lowest BCUT2D eigenvalue weighted by atomic mass is 9.90. The largest absolute Gasteiger partial charge is 0.360 e. The lowest BCUT2D eigenvalue weighted by Crippen LogP contribution is -2.09. The van der Waals surface area contributed by atoms with E-state index in [4.69, 9.17) is 4.74 Å². The van der Waals surface area contributed by atoms with Crippen molar-refractivity contribution in [2.24, 2.45) is 5.92 Å². The van der Waals surface area contributed by atoms with Gasteiger partial charge in [-0.05, 0) is 24.3 Å². The third-order valence-electron chi connectivity index (χ3n) is 3.41. The van der Waals surface area contributed by atoms with Crippen LogP contribution >= 0.6 is 0 Å². The first-order valence-electron chi connectivity index (χ1n) is 6.36. The van der Waals surface area contributed by atoms with E-state index in [1.165, 1.54) is 37.7 Å². The van der Waals surface area contributed by atoms with Crippen LogP contribution in [0.25, 0.3) is 0 Å². The molecule has 1 fully saturated rings. The fourth-order valence-electron chi connectivity index (χ4n) is 2.33. The molecule has 0 amide bonds. The predicted octanol–water partition coefficient (Wildman–Crippen LogP) is 3.86. The first-order valence-corrected chi connectivity index (χ1v) is 6.36. The van der Waals surface area contributed by atoms with Crippen molar-refractivity contribution in [3.63, 3.8) is 0 Å². The quantitative estimate of drug-likeness (QED) is 0.378. The molecule has 0 aromatic carbocycles. The van der Waals surface area contributed by atoms with Gasteiger partial charge in [0.05, 0.1) is 0 Å². The molecule has 0 spiro atoms. The molecule has 2 rings (SSSR count). The van der Waals surface area contributed by atoms with E-state index in [0.29, 0.717) is 18.1 Å². The number of hydrogen-bond acceptors (Lipinski definition) is 1. The highest BCUT2D eigenvalue weighted by molar-refractivity contribution is 5.31. The van der Waals surface area contributed by atoms with Crippen LogP contribution in [0.2, 0.25) is 0 Å². The number of unbranched alkanes of at least 4 members (excludes halogenated alkanes) is 4. The standard InChI is InChI=1S/C14H22O/c1-3-4-5-6-7-8-12-11(2)9-10-13-14(12)15-13/h8-11,13-14H,3-7H2,1-2H3/b12-8+. The second kappa shape index (κ2) is 4.98. The molecular formula is C14H22O. The minimum atomic E-state index is 0.420. The van der Waals surface area contributed by atoms with E-state index in [2.05, 4.69) is 32.1 Å². The summed E-state index contributed by atoms with van der Waals surface area (Å²) < 4.78 is 5.58. The molecule has 15 heavy (non-hydrogen) atoms. The van der Waals surface area contributed by atoms with Crippen LogP contribution in [0.4, 0.5) is 0 Å². The Kier molecular flexibility index (Phi) is 3.63. The zero-order valence-corrected chi connectivity index (χ0v) is 9.91. The van der Waals surface area contributed by atoms with Crippen molar-refractivity contribution in [2.45, 2.75) is 58.2 Å². The van der Waals surface area contributed by atoms with Gasteiger partial charge in [-0.15, -0.1) is 0 Å². The summed E-state index contributed by atoms with van der Waals surface area (Å²) in [5.41, 5.74) is 1.53. The van der Waals surface area contributed by atoms with Gasteiger partial charge in [-0.2, -0.15) is 0 Å². The molecule has 1 aliphatic heterocycles. The summed E-state index contributed by atoms with van der Waals surface area (Å²) in [6.07, 6.45) is 14.4. The van der Waals surface area contributed by atoms with Crippen molar-refractivity contribution < 1.29 is 4.74 Å². The Balaban J connectivity index is 1.77. The summed E-state index contributed by atoms with van der Waals surface area (Å²) >= 11 is 0. The van der Waals surface area contributed by atoms with Gasteiger partial charge in [-0.3, -0.25) is 0 Å². The summed E-state index contributed by atoms with van der Waals surface area (Å²) in [5, 5.41) is 0. The van der Waals surface area contributed by atoms with Gasteiger partial charge in [0, 0.05) is 0 Å². The molecule has 1 aliphatic carbocycles. The van der Waals surface area contributed by atoms with Gasteiger partial charge in [-0.1, -0.05) is 51.3 Å². The Bertz CT molecular complexity index is 265. The maximum atomic E-state index is 5.58. The van der Waals surface area contributed by atoms with Crippen LogP contribution in [0, 0.1) is 5.92 Å². The minimum absolute atomic E-state index is 0.420. The van der Waals surface area contributed by atoms with Crippen LogP contribution < -0.4 is 0 Å². The van der Waals surface area contributed by atoms with Crippen molar-refractivity contribution in [3.05, 3.63) is 23.8 Å². The third-order valence-corrected chi connectivity index (χ3v) is 3.41. The van der Waals surface area contributed by atoms with Crippen LogP contribution in [0.5, 0.6) is 0 Å². The second-order valence-electron chi connectivity index (χ2n) is 4.75. The molecule has 0 aromatic heterocycles. The first-order chi connectivity index (χ1) is 7.33. The highest BCUT2D eigenvalue weighted by Crippen LogP contribution is 2.39. The van der Waals surface area contributed by atoms with Gasteiger partial charge in [0.2, 0.25) is 0 Å². The SMILES string of the molecule is CCCCCC/C=C1\C(C)C=CC2OC12. The summed E-state index contributed by atoms with van der Waals surface area (Å²) in [7, 11) is 0. The lowest BCUT2D eigenvalue weighted by Gasteiger charge is -2.13. The molecule has 0 N–H and O–H groups in total. The molecule has 3 atom stereocenters. The maximum absolute atomic E-state index is 5.58. The van der Waals surface area contributed by atoms with E-state index in [-0.39, 0.29) is 0 Å². The van der Waals surface area contributed by atoms with E-state index < -0.39 is 0 Å². The predicted molar refractivity (Wildman–Crippen MR) is 63.8 cm³/mol. The van der Waals surface area contributed by atoms with Gasteiger partial charge in [0.25, 0.3) is 0 Å². The average molecular weight is 206 g/mol. The van der Waals surface area contributed by atoms with Crippen LogP contribution in [0.15, 0.2) is 23.8 Å². The Morgan fingerprint density at radius 3 is 2.93 bits per heavy atom. The zero-order chi connectivity index (χ0) is 10.7. The molecule has 1 nitrogen and oxygen atoms in total. The Labute approximate surface area is 93.2 Å². The fourth-order valence-corrected chi connectivity index (χ4v) is 2.33. The molecule has 2 aliphatic rings. The number of allylic oxidation sites excluding steroid dienone is 2. The van der Waals surface area contributed by atoms with E-state index >= 15 is 0 Å². The van der Waals surface area contributed by atoms with Crippen molar-refractivity contribution in [2.75, 3.05) is 0 Å². The maximum Gasteiger partial charge on any atom is 0.110 e. The molecule has 0 saturated carbocycles. The van der Waals surface area contributed by atoms with Crippen LogP contribution in [-0.4, -0.2) is 12.2 Å². The van der Waals surface area contributed by atoms with E-state index in [1.54, 1.807) is 0 Å². The summed E-state index contributed by atoms with van der Waals surface area (Å²) in [5.74, 6) is 0.597. The van der Waals surface area contributed by atoms with Crippen molar-refractivity contribution >= 4 is 0 Å². The lowest BCUT2D eigenvalue weighted by molar-refractivity contribution is 0.405. The van der Waals surface area contributed by atoms with E-state index in [9.17, 15) is 0 Å². The van der Waals surface area contributed by atoms with Crippen molar-refractivity contribution in [3.8, 4) is 0 Å². The van der Waals surface area contributed by atoms with Crippen molar-refractivity contribution in [1.29, 1.82) is 0 Å². The normalized spacial score (nSPS) is 35.6. The first kappa shape index (κ1) is 10.9. The number of rotatable bonds is 5. The molecule has 0 bridgehead atoms. The molecule has 0 radical (unpaired) electrons. The fraction of sp³-hybridized carbons (Fsp3) is 0.714. The van der Waals surface area contributed by atoms with Gasteiger partial charge >= 0.3 is 0 Å². The number of fused-ring (bicyclic) bond motifs is 1. The number of epoxide rings is 1. The van der Waals surface area contributed by atoms with Crippen LogP contribution in [-0.2, 0) is 4.74 Å². The van der Waals surface area contributed by atoms with E-state index in [0.717, 1.165) is 0 Å². The Morgan fingerprint density at radius 2 is 2.13 bits per heavy atom. The Hall–Kier alpha value is -0.560. The summed E-state index contributed by atoms with van der Waals surface area (Å²) in [6, 6.07) is 0. The van der Waals surface area contributed by atoms with Gasteiger partial charge in [0.15, 0.2) is 0 Å². The molecule has 84 valence electrons. The third kappa shape index (κ3) is 2.72. The second-order valence-corrected chi connectivity index (χ2v) is 4.75. The summed E-state index contributed by atoms with van der Waals surface area (Å²) in [4.78, 5) is 0. The van der Waals surface area contributed by atoms with E-state index in [1.807, 2.05) is 0 Å². The molecule has 3 unspecified atom stereocenters. The highest BCUT2D eigenvalue weighted by atomic mass is 16.6. The molecule has 1 saturated heterocycles. The monoisotopic (exact) mass is 206 g/mol. The molecular weight excluding hydrogens is 184 g/mol. The van der Waals surface area contributed by atoms with Crippen molar-refractivity contribution in [1.82, 2.24) is 0 Å². The van der Waals surface area contributed by atoms with Crippen LogP contribution in [0.3, 0.4) is 0 Å². The highest BCUT2D eigenvalue weighted by Gasteiger charge is 2.43. The smallest absolute Gasteiger partial charge is 0.110 e. The Morgan fingerprint density at radius 1 is 1.27 bits per heavy atom.